The van der Waals surface area contributed by atoms with Gasteiger partial charge in [-0.1, -0.05) is 6.07 Å². The molecular formula is C25H30N6O4S. The van der Waals surface area contributed by atoms with Crippen molar-refractivity contribution in [2.45, 2.75) is 63.8 Å². The molecule has 0 aliphatic carbocycles. The molecule has 4 rings (SSSR count). The number of hydrogen-bond donors (Lipinski definition) is 2. The monoisotopic (exact) mass is 510 g/mol. The standard InChI is InChI=1S/C25H30N6O4S/c1-15(2)35-22-13-10-18(14-27-22)20-12-11-19(24(28-20)31-16(3)8-9-17(31)4)25(32)30-36(33,34)23-7-5-6-21(26)29-23/h5-7,10-17H,8-9H2,1-4H3,(H2,26,29)(H,30,32)/t16-,17-/m1/s1. The highest BCUT2D eigenvalue weighted by Crippen LogP contribution is 2.33. The van der Waals surface area contributed by atoms with Crippen LogP contribution in [0.5, 0.6) is 5.88 Å². The Morgan fingerprint density at radius 1 is 1.08 bits per heavy atom. The van der Waals surface area contributed by atoms with Crippen molar-refractivity contribution < 1.29 is 17.9 Å². The summed E-state index contributed by atoms with van der Waals surface area (Å²) in [6.07, 6.45) is 3.53. The number of aromatic nitrogens is 3. The molecule has 3 aromatic heterocycles. The zero-order valence-electron chi connectivity index (χ0n) is 20.7. The first-order valence-electron chi connectivity index (χ1n) is 11.8. The van der Waals surface area contributed by atoms with Crippen LogP contribution in [0, 0.1) is 0 Å². The molecule has 0 radical (unpaired) electrons. The van der Waals surface area contributed by atoms with Gasteiger partial charge in [0.15, 0.2) is 5.03 Å². The number of nitrogens with one attached hydrogen (secondary N) is 1. The molecule has 1 saturated heterocycles. The van der Waals surface area contributed by atoms with E-state index in [1.807, 2.05) is 19.9 Å². The lowest BCUT2D eigenvalue weighted by Gasteiger charge is -2.29. The number of nitrogens with zero attached hydrogens (tertiary/aromatic N) is 4. The normalized spacial score (nSPS) is 17.9. The third-order valence-electron chi connectivity index (χ3n) is 5.95. The molecule has 11 heteroatoms. The first-order valence-corrected chi connectivity index (χ1v) is 13.3. The van der Waals surface area contributed by atoms with Gasteiger partial charge in [-0.05, 0) is 70.9 Å². The van der Waals surface area contributed by atoms with Crippen LogP contribution in [0.2, 0.25) is 0 Å². The van der Waals surface area contributed by atoms with Crippen LogP contribution in [-0.2, 0) is 10.0 Å². The Labute approximate surface area is 211 Å². The Balaban J connectivity index is 1.71. The van der Waals surface area contributed by atoms with E-state index in [9.17, 15) is 13.2 Å². The van der Waals surface area contributed by atoms with Crippen LogP contribution >= 0.6 is 0 Å². The van der Waals surface area contributed by atoms with Gasteiger partial charge in [-0.2, -0.15) is 8.42 Å². The van der Waals surface area contributed by atoms with Gasteiger partial charge in [0, 0.05) is 29.9 Å². The molecule has 3 N–H and O–H groups in total. The first-order chi connectivity index (χ1) is 17.0. The lowest BCUT2D eigenvalue weighted by atomic mass is 10.1. The van der Waals surface area contributed by atoms with Gasteiger partial charge in [0.05, 0.1) is 17.4 Å². The van der Waals surface area contributed by atoms with E-state index < -0.39 is 15.9 Å². The molecule has 4 heterocycles. The summed E-state index contributed by atoms with van der Waals surface area (Å²) in [5.74, 6) is 0.168. The highest BCUT2D eigenvalue weighted by Gasteiger charge is 2.33. The third kappa shape index (κ3) is 5.40. The molecule has 1 amide bonds. The van der Waals surface area contributed by atoms with E-state index in [2.05, 4.69) is 33.4 Å². The van der Waals surface area contributed by atoms with Crippen LogP contribution in [0.15, 0.2) is 53.7 Å². The highest BCUT2D eigenvalue weighted by atomic mass is 32.2. The zero-order chi connectivity index (χ0) is 26.0. The van der Waals surface area contributed by atoms with Gasteiger partial charge in [-0.15, -0.1) is 0 Å². The van der Waals surface area contributed by atoms with Gasteiger partial charge in [0.25, 0.3) is 15.9 Å². The number of sulfonamides is 1. The number of nitrogens with two attached hydrogens (primary N) is 1. The van der Waals surface area contributed by atoms with Crippen LogP contribution < -0.4 is 20.1 Å². The number of rotatable bonds is 7. The molecule has 3 aromatic rings. The van der Waals surface area contributed by atoms with Crippen molar-refractivity contribution in [3.05, 3.63) is 54.2 Å². The molecule has 36 heavy (non-hydrogen) atoms. The van der Waals surface area contributed by atoms with E-state index in [0.29, 0.717) is 17.4 Å². The van der Waals surface area contributed by atoms with Crippen molar-refractivity contribution in [2.75, 3.05) is 10.6 Å². The fourth-order valence-electron chi connectivity index (χ4n) is 4.25. The minimum absolute atomic E-state index is 0.00261. The van der Waals surface area contributed by atoms with E-state index in [-0.39, 0.29) is 34.6 Å². The average Bonchev–Trinajstić information content (AvgIpc) is 3.16. The second kappa shape index (κ2) is 10.1. The average molecular weight is 511 g/mol. The maximum Gasteiger partial charge on any atom is 0.281 e. The van der Waals surface area contributed by atoms with Crippen LogP contribution in [-0.4, -0.2) is 47.5 Å². The molecular weight excluding hydrogens is 480 g/mol. The third-order valence-corrected chi connectivity index (χ3v) is 7.18. The molecule has 0 saturated carbocycles. The van der Waals surface area contributed by atoms with Crippen LogP contribution in [0.4, 0.5) is 11.6 Å². The number of hydrogen-bond acceptors (Lipinski definition) is 9. The fourth-order valence-corrected chi connectivity index (χ4v) is 5.19. The van der Waals surface area contributed by atoms with Gasteiger partial charge in [0.1, 0.15) is 11.6 Å². The Morgan fingerprint density at radius 3 is 2.42 bits per heavy atom. The van der Waals surface area contributed by atoms with E-state index in [1.54, 1.807) is 24.4 Å². The second-order valence-corrected chi connectivity index (χ2v) is 10.8. The second-order valence-electron chi connectivity index (χ2n) is 9.14. The quantitative estimate of drug-likeness (QED) is 0.489. The maximum absolute atomic E-state index is 13.3. The molecule has 0 spiro atoms. The van der Waals surface area contributed by atoms with Gasteiger partial charge >= 0.3 is 0 Å². The Hall–Kier alpha value is -3.73. The number of carbonyl (C=O) groups is 1. The minimum Gasteiger partial charge on any atom is -0.475 e. The van der Waals surface area contributed by atoms with Gasteiger partial charge in [-0.25, -0.2) is 19.7 Å². The lowest BCUT2D eigenvalue weighted by Crippen LogP contribution is -2.37. The molecule has 1 aliphatic heterocycles. The van der Waals surface area contributed by atoms with E-state index in [4.69, 9.17) is 15.5 Å². The summed E-state index contributed by atoms with van der Waals surface area (Å²) in [7, 11) is -4.24. The lowest BCUT2D eigenvalue weighted by molar-refractivity contribution is 0.0981. The van der Waals surface area contributed by atoms with E-state index in [0.717, 1.165) is 18.4 Å². The summed E-state index contributed by atoms with van der Waals surface area (Å²) in [4.78, 5) is 28.3. The minimum atomic E-state index is -4.24. The van der Waals surface area contributed by atoms with Crippen LogP contribution in [0.25, 0.3) is 11.3 Å². The number of pyridine rings is 3. The zero-order valence-corrected chi connectivity index (χ0v) is 21.5. The molecule has 190 valence electrons. The number of ether oxygens (including phenoxy) is 1. The predicted octanol–water partition coefficient (Wildman–Crippen LogP) is 3.40. The van der Waals surface area contributed by atoms with E-state index >= 15 is 0 Å². The number of carbonyl (C=O) groups excluding carboxylic acids is 1. The maximum atomic E-state index is 13.3. The molecule has 10 nitrogen and oxygen atoms in total. The van der Waals surface area contributed by atoms with Crippen molar-refractivity contribution in [3.63, 3.8) is 0 Å². The molecule has 1 fully saturated rings. The Bertz CT molecular complexity index is 1350. The Kier molecular flexibility index (Phi) is 7.11. The molecule has 1 aliphatic rings. The number of amides is 1. The topological polar surface area (TPSA) is 140 Å². The molecule has 0 aromatic carbocycles. The molecule has 0 unspecified atom stereocenters. The summed E-state index contributed by atoms with van der Waals surface area (Å²) in [6, 6.07) is 11.3. The predicted molar refractivity (Wildman–Crippen MR) is 137 cm³/mol. The summed E-state index contributed by atoms with van der Waals surface area (Å²) in [6.45, 7) is 7.97. The van der Waals surface area contributed by atoms with Crippen LogP contribution in [0.3, 0.4) is 0 Å². The summed E-state index contributed by atoms with van der Waals surface area (Å²) in [5, 5.41) is -0.334. The molecule has 0 bridgehead atoms. The van der Waals surface area contributed by atoms with Gasteiger partial charge in [0.2, 0.25) is 5.88 Å². The van der Waals surface area contributed by atoms with Crippen molar-refractivity contribution in [1.82, 2.24) is 19.7 Å². The fraction of sp³-hybridized carbons (Fsp3) is 0.360. The van der Waals surface area contributed by atoms with E-state index in [1.165, 1.54) is 18.2 Å². The van der Waals surface area contributed by atoms with Crippen LogP contribution in [0.1, 0.15) is 50.9 Å². The summed E-state index contributed by atoms with van der Waals surface area (Å²) in [5.41, 5.74) is 7.13. The smallest absolute Gasteiger partial charge is 0.281 e. The van der Waals surface area contributed by atoms with Gasteiger partial charge < -0.3 is 15.4 Å². The van der Waals surface area contributed by atoms with Crippen molar-refractivity contribution in [3.8, 4) is 17.1 Å². The van der Waals surface area contributed by atoms with Gasteiger partial charge in [-0.3, -0.25) is 4.79 Å². The summed E-state index contributed by atoms with van der Waals surface area (Å²) < 4.78 is 33.4. The molecule has 2 atom stereocenters. The number of nitrogen functional groups attached to an aromatic ring is 1. The first kappa shape index (κ1) is 25.4. The SMILES string of the molecule is CC(C)Oc1ccc(-c2ccc(C(=O)NS(=O)(=O)c3cccc(N)n3)c(N3[C@H](C)CC[C@H]3C)n2)cn1. The van der Waals surface area contributed by atoms with Crippen molar-refractivity contribution in [1.29, 1.82) is 0 Å². The Morgan fingerprint density at radius 2 is 1.81 bits per heavy atom. The number of anilines is 2. The summed E-state index contributed by atoms with van der Waals surface area (Å²) >= 11 is 0. The largest absolute Gasteiger partial charge is 0.475 e. The highest BCUT2D eigenvalue weighted by molar-refractivity contribution is 7.90. The van der Waals surface area contributed by atoms with Crippen molar-refractivity contribution >= 4 is 27.6 Å². The van der Waals surface area contributed by atoms with Crippen molar-refractivity contribution in [2.24, 2.45) is 0 Å².